The maximum atomic E-state index is 11.9. The summed E-state index contributed by atoms with van der Waals surface area (Å²) in [6, 6.07) is 9.26. The number of aryl methyl sites for hydroxylation is 1. The highest BCUT2D eigenvalue weighted by atomic mass is 79.9. The third kappa shape index (κ3) is 2.58. The highest BCUT2D eigenvalue weighted by Gasteiger charge is 2.07. The summed E-state index contributed by atoms with van der Waals surface area (Å²) in [7, 11) is 0. The molecule has 4 heteroatoms. The summed E-state index contributed by atoms with van der Waals surface area (Å²) < 4.78 is 2.56. The third-order valence-electron chi connectivity index (χ3n) is 2.23. The highest BCUT2D eigenvalue weighted by Crippen LogP contribution is 2.12. The zero-order chi connectivity index (χ0) is 11.5. The Kier molecular flexibility index (Phi) is 3.19. The lowest BCUT2D eigenvalue weighted by Gasteiger charge is -2.01. The van der Waals surface area contributed by atoms with E-state index in [1.165, 1.54) is 0 Å². The van der Waals surface area contributed by atoms with Gasteiger partial charge in [-0.1, -0.05) is 28.1 Å². The summed E-state index contributed by atoms with van der Waals surface area (Å²) in [5.41, 5.74) is 1.62. The summed E-state index contributed by atoms with van der Waals surface area (Å²) in [5, 5.41) is 4.18. The average Bonchev–Trinajstić information content (AvgIpc) is 2.64. The van der Waals surface area contributed by atoms with Gasteiger partial charge in [-0.3, -0.25) is 9.48 Å². The molecule has 0 atom stereocenters. The molecule has 16 heavy (non-hydrogen) atoms. The van der Waals surface area contributed by atoms with Gasteiger partial charge in [0.1, 0.15) is 6.54 Å². The Morgan fingerprint density at radius 3 is 2.88 bits per heavy atom. The van der Waals surface area contributed by atoms with Gasteiger partial charge in [-0.25, -0.2) is 0 Å². The van der Waals surface area contributed by atoms with Crippen molar-refractivity contribution in [2.45, 2.75) is 13.5 Å². The number of halogens is 1. The van der Waals surface area contributed by atoms with E-state index in [1.807, 2.05) is 43.5 Å². The van der Waals surface area contributed by atoms with Gasteiger partial charge in [-0.2, -0.15) is 5.10 Å². The van der Waals surface area contributed by atoms with Crippen LogP contribution in [0.2, 0.25) is 0 Å². The number of hydrogen-bond acceptors (Lipinski definition) is 2. The zero-order valence-electron chi connectivity index (χ0n) is 8.85. The van der Waals surface area contributed by atoms with Crippen LogP contribution in [0.5, 0.6) is 0 Å². The smallest absolute Gasteiger partial charge is 0.184 e. The number of benzene rings is 1. The second-order valence-corrected chi connectivity index (χ2v) is 4.50. The molecular formula is C12H11BrN2O. The predicted molar refractivity (Wildman–Crippen MR) is 65.4 cm³/mol. The summed E-state index contributed by atoms with van der Waals surface area (Å²) in [5.74, 6) is 0.0596. The molecule has 0 bridgehead atoms. The number of aromatic nitrogens is 2. The summed E-state index contributed by atoms with van der Waals surface area (Å²) in [6.07, 6.45) is 1.81. The number of hydrogen-bond donors (Lipinski definition) is 0. The fraction of sp³-hybridized carbons (Fsp3) is 0.167. The molecule has 0 saturated carbocycles. The lowest BCUT2D eigenvalue weighted by molar-refractivity contribution is 0.0967. The van der Waals surface area contributed by atoms with Crippen molar-refractivity contribution < 1.29 is 4.79 Å². The Bertz CT molecular complexity index is 519. The maximum absolute atomic E-state index is 11.9. The highest BCUT2D eigenvalue weighted by molar-refractivity contribution is 9.10. The van der Waals surface area contributed by atoms with Crippen LogP contribution in [0.1, 0.15) is 16.1 Å². The molecule has 0 aliphatic heterocycles. The quantitative estimate of drug-likeness (QED) is 0.810. The van der Waals surface area contributed by atoms with E-state index in [0.717, 1.165) is 10.2 Å². The van der Waals surface area contributed by atoms with Crippen LogP contribution in [0.15, 0.2) is 41.0 Å². The Morgan fingerprint density at radius 2 is 2.25 bits per heavy atom. The van der Waals surface area contributed by atoms with Crippen LogP contribution >= 0.6 is 15.9 Å². The van der Waals surface area contributed by atoms with E-state index in [2.05, 4.69) is 21.0 Å². The van der Waals surface area contributed by atoms with Crippen LogP contribution < -0.4 is 0 Å². The van der Waals surface area contributed by atoms with Crippen molar-refractivity contribution in [1.82, 2.24) is 9.78 Å². The maximum Gasteiger partial charge on any atom is 0.184 e. The van der Waals surface area contributed by atoms with Gasteiger partial charge in [0.2, 0.25) is 0 Å². The first kappa shape index (κ1) is 11.1. The minimum absolute atomic E-state index is 0.0596. The number of rotatable bonds is 3. The van der Waals surface area contributed by atoms with E-state index in [9.17, 15) is 4.79 Å². The second-order valence-electron chi connectivity index (χ2n) is 3.59. The molecule has 82 valence electrons. The molecule has 0 radical (unpaired) electrons. The Hall–Kier alpha value is -1.42. The van der Waals surface area contributed by atoms with E-state index in [4.69, 9.17) is 0 Å². The van der Waals surface area contributed by atoms with E-state index in [1.54, 1.807) is 4.68 Å². The van der Waals surface area contributed by atoms with Crippen LogP contribution in [0, 0.1) is 6.92 Å². The van der Waals surface area contributed by atoms with Crippen LogP contribution in [0.3, 0.4) is 0 Å². The van der Waals surface area contributed by atoms with E-state index in [0.29, 0.717) is 5.56 Å². The van der Waals surface area contributed by atoms with E-state index in [-0.39, 0.29) is 12.3 Å². The largest absolute Gasteiger partial charge is 0.292 e. The van der Waals surface area contributed by atoms with Crippen molar-refractivity contribution in [3.8, 4) is 0 Å². The molecule has 2 rings (SSSR count). The molecule has 0 spiro atoms. The summed E-state index contributed by atoms with van der Waals surface area (Å²) in [4.78, 5) is 11.9. The monoisotopic (exact) mass is 278 g/mol. The topological polar surface area (TPSA) is 34.9 Å². The molecule has 3 nitrogen and oxygen atoms in total. The first-order valence-electron chi connectivity index (χ1n) is 4.94. The molecule has 0 aliphatic carbocycles. The number of nitrogens with zero attached hydrogens (tertiary/aromatic N) is 2. The summed E-state index contributed by atoms with van der Waals surface area (Å²) >= 11 is 3.35. The van der Waals surface area contributed by atoms with Crippen LogP contribution in [-0.2, 0) is 6.54 Å². The standard InChI is InChI=1S/C12H11BrN2O/c1-9-5-6-15(14-9)8-12(16)10-3-2-4-11(13)7-10/h2-7H,8H2,1H3. The fourth-order valence-electron chi connectivity index (χ4n) is 1.45. The van der Waals surface area contributed by atoms with Crippen molar-refractivity contribution in [3.63, 3.8) is 0 Å². The molecule has 1 heterocycles. The van der Waals surface area contributed by atoms with E-state index >= 15 is 0 Å². The van der Waals surface area contributed by atoms with Crippen LogP contribution in [0.4, 0.5) is 0 Å². The number of carbonyl (C=O) groups is 1. The molecule has 0 aliphatic rings. The molecular weight excluding hydrogens is 268 g/mol. The SMILES string of the molecule is Cc1ccn(CC(=O)c2cccc(Br)c2)n1. The van der Waals surface area contributed by atoms with Crippen molar-refractivity contribution in [2.75, 3.05) is 0 Å². The molecule has 0 N–H and O–H groups in total. The fourth-order valence-corrected chi connectivity index (χ4v) is 1.85. The molecule has 0 unspecified atom stereocenters. The van der Waals surface area contributed by atoms with Crippen molar-refractivity contribution in [3.05, 3.63) is 52.3 Å². The first-order chi connectivity index (χ1) is 7.65. The Balaban J connectivity index is 2.14. The van der Waals surface area contributed by atoms with Gasteiger partial charge in [-0.05, 0) is 25.1 Å². The normalized spacial score (nSPS) is 10.4. The van der Waals surface area contributed by atoms with Gasteiger partial charge in [0.25, 0.3) is 0 Å². The number of carbonyl (C=O) groups excluding carboxylic acids is 1. The Labute approximate surface area is 102 Å². The van der Waals surface area contributed by atoms with Gasteiger partial charge >= 0.3 is 0 Å². The first-order valence-corrected chi connectivity index (χ1v) is 5.73. The molecule has 0 saturated heterocycles. The van der Waals surface area contributed by atoms with Crippen LogP contribution in [0.25, 0.3) is 0 Å². The van der Waals surface area contributed by atoms with Crippen molar-refractivity contribution in [1.29, 1.82) is 0 Å². The van der Waals surface area contributed by atoms with Gasteiger partial charge in [0.15, 0.2) is 5.78 Å². The van der Waals surface area contributed by atoms with Crippen molar-refractivity contribution >= 4 is 21.7 Å². The zero-order valence-corrected chi connectivity index (χ0v) is 10.4. The summed E-state index contributed by atoms with van der Waals surface area (Å²) in [6.45, 7) is 2.18. The minimum Gasteiger partial charge on any atom is -0.292 e. The molecule has 1 aromatic heterocycles. The van der Waals surface area contributed by atoms with Gasteiger partial charge in [0, 0.05) is 16.2 Å². The predicted octanol–water partition coefficient (Wildman–Crippen LogP) is 2.84. The average molecular weight is 279 g/mol. The Morgan fingerprint density at radius 1 is 1.44 bits per heavy atom. The third-order valence-corrected chi connectivity index (χ3v) is 2.72. The lowest BCUT2D eigenvalue weighted by atomic mass is 10.1. The lowest BCUT2D eigenvalue weighted by Crippen LogP contribution is -2.10. The molecule has 0 amide bonds. The molecule has 0 fully saturated rings. The van der Waals surface area contributed by atoms with Gasteiger partial charge in [0.05, 0.1) is 5.69 Å². The molecule has 1 aromatic carbocycles. The number of ketones is 1. The van der Waals surface area contributed by atoms with Gasteiger partial charge < -0.3 is 0 Å². The van der Waals surface area contributed by atoms with E-state index < -0.39 is 0 Å². The van der Waals surface area contributed by atoms with Crippen molar-refractivity contribution in [2.24, 2.45) is 0 Å². The molecule has 2 aromatic rings. The van der Waals surface area contributed by atoms with Crippen LogP contribution in [-0.4, -0.2) is 15.6 Å². The second kappa shape index (κ2) is 4.61. The minimum atomic E-state index is 0.0596. The van der Waals surface area contributed by atoms with Gasteiger partial charge in [-0.15, -0.1) is 0 Å². The number of Topliss-reactive ketones (excluding diaryl/α,β-unsaturated/α-hetero) is 1.